The summed E-state index contributed by atoms with van der Waals surface area (Å²) in [7, 11) is 0. The number of nitrogens with one attached hydrogen (secondary N) is 1. The predicted molar refractivity (Wildman–Crippen MR) is 188 cm³/mol. The van der Waals surface area contributed by atoms with E-state index in [0.29, 0.717) is 22.2 Å². The molecule has 2 aromatic heterocycles. The Morgan fingerprint density at radius 2 is 1.52 bits per heavy atom. The fourth-order valence-corrected chi connectivity index (χ4v) is 4.64. The third-order valence-corrected chi connectivity index (χ3v) is 7.09. The molecule has 48 heavy (non-hydrogen) atoms. The van der Waals surface area contributed by atoms with Gasteiger partial charge in [-0.15, -0.1) is 0 Å². The molecule has 4 rings (SSSR count). The summed E-state index contributed by atoms with van der Waals surface area (Å²) >= 11 is 0. The van der Waals surface area contributed by atoms with E-state index in [1.54, 1.807) is 32.0 Å². The standard InChI is InChI=1S/C25H19F5N4O.C8H19N.2C2H6/c1-13-7-8-16(14(2)31-12-25(28,29)30)11-18(13)22-17-9-10-21(35)34(24(17)33-15(3)32-22)23-19(26)5-4-6-20(23)27;1-4-7-8-9(5-2)6-3;2*1-2/h4-11,31H,2,12H2,1,3H3;4-8H2,1-3H3;2*1-2H3. The van der Waals surface area contributed by atoms with E-state index in [0.717, 1.165) is 28.3 Å². The Morgan fingerprint density at radius 3 is 2.06 bits per heavy atom. The van der Waals surface area contributed by atoms with E-state index in [1.165, 1.54) is 44.6 Å². The molecule has 2 heterocycles. The maximum absolute atomic E-state index is 14.6. The highest BCUT2D eigenvalue weighted by Crippen LogP contribution is 2.31. The zero-order valence-corrected chi connectivity index (χ0v) is 29.7. The summed E-state index contributed by atoms with van der Waals surface area (Å²) in [5.41, 5.74) is 0.794. The molecule has 0 bridgehead atoms. The van der Waals surface area contributed by atoms with Crippen molar-refractivity contribution in [3.8, 4) is 16.9 Å². The normalized spacial score (nSPS) is 10.7. The van der Waals surface area contributed by atoms with Crippen LogP contribution in [0.1, 0.15) is 78.3 Å². The third kappa shape index (κ3) is 11.5. The van der Waals surface area contributed by atoms with Crippen LogP contribution in [-0.4, -0.2) is 51.8 Å². The molecule has 0 aliphatic rings. The van der Waals surface area contributed by atoms with E-state index < -0.39 is 35.6 Å². The van der Waals surface area contributed by atoms with E-state index in [9.17, 15) is 26.7 Å². The third-order valence-electron chi connectivity index (χ3n) is 7.09. The first-order valence-electron chi connectivity index (χ1n) is 16.5. The summed E-state index contributed by atoms with van der Waals surface area (Å²) < 4.78 is 67.9. The Balaban J connectivity index is 0.000000761. The van der Waals surface area contributed by atoms with Gasteiger partial charge in [-0.25, -0.2) is 18.7 Å². The number of benzene rings is 2. The minimum Gasteiger partial charge on any atom is -0.376 e. The minimum absolute atomic E-state index is 0.0113. The average Bonchev–Trinajstić information content (AvgIpc) is 3.06. The quantitative estimate of drug-likeness (QED) is 0.170. The van der Waals surface area contributed by atoms with Gasteiger partial charge >= 0.3 is 6.18 Å². The molecule has 1 N–H and O–H groups in total. The van der Waals surface area contributed by atoms with Crippen molar-refractivity contribution >= 4 is 16.7 Å². The molecule has 0 saturated carbocycles. The lowest BCUT2D eigenvalue weighted by Gasteiger charge is -2.16. The molecule has 264 valence electrons. The van der Waals surface area contributed by atoms with Crippen LogP contribution in [-0.2, 0) is 0 Å². The van der Waals surface area contributed by atoms with Crippen molar-refractivity contribution < 1.29 is 22.0 Å². The Kier molecular flexibility index (Phi) is 17.7. The molecule has 0 amide bonds. The molecular formula is C37H50F5N5O. The summed E-state index contributed by atoms with van der Waals surface area (Å²) in [5.74, 6) is -1.66. The molecule has 0 aliphatic carbocycles. The van der Waals surface area contributed by atoms with Gasteiger partial charge in [0.15, 0.2) is 5.65 Å². The second-order valence-corrected chi connectivity index (χ2v) is 10.3. The van der Waals surface area contributed by atoms with Gasteiger partial charge in [-0.1, -0.05) is 79.7 Å². The van der Waals surface area contributed by atoms with Crippen molar-refractivity contribution in [1.82, 2.24) is 24.8 Å². The van der Waals surface area contributed by atoms with E-state index in [-0.39, 0.29) is 17.2 Å². The molecule has 0 atom stereocenters. The highest BCUT2D eigenvalue weighted by Gasteiger charge is 2.27. The van der Waals surface area contributed by atoms with Crippen LogP contribution in [0.3, 0.4) is 0 Å². The zero-order chi connectivity index (χ0) is 36.6. The number of rotatable bonds is 10. The number of unbranched alkanes of at least 4 members (excludes halogenated alkanes) is 1. The topological polar surface area (TPSA) is 63.1 Å². The van der Waals surface area contributed by atoms with Crippen molar-refractivity contribution in [1.29, 1.82) is 0 Å². The van der Waals surface area contributed by atoms with E-state index in [1.807, 2.05) is 27.7 Å². The van der Waals surface area contributed by atoms with Crippen molar-refractivity contribution in [3.05, 3.63) is 94.0 Å². The Labute approximate surface area is 281 Å². The number of nitrogens with zero attached hydrogens (tertiary/aromatic N) is 4. The monoisotopic (exact) mass is 675 g/mol. The van der Waals surface area contributed by atoms with Crippen molar-refractivity contribution in [3.63, 3.8) is 0 Å². The van der Waals surface area contributed by atoms with Gasteiger partial charge in [0.1, 0.15) is 29.7 Å². The Bertz CT molecular complexity index is 1640. The highest BCUT2D eigenvalue weighted by molar-refractivity contribution is 5.92. The van der Waals surface area contributed by atoms with Crippen LogP contribution in [0.2, 0.25) is 0 Å². The van der Waals surface area contributed by atoms with Crippen LogP contribution in [0.25, 0.3) is 33.7 Å². The van der Waals surface area contributed by atoms with E-state index in [4.69, 9.17) is 0 Å². The molecule has 11 heteroatoms. The lowest BCUT2D eigenvalue weighted by atomic mass is 9.98. The number of hydrogen-bond acceptors (Lipinski definition) is 5. The first-order valence-corrected chi connectivity index (χ1v) is 16.5. The lowest BCUT2D eigenvalue weighted by Crippen LogP contribution is -2.27. The van der Waals surface area contributed by atoms with Gasteiger partial charge in [0.2, 0.25) is 0 Å². The molecule has 2 aromatic carbocycles. The molecule has 4 aromatic rings. The highest BCUT2D eigenvalue weighted by atomic mass is 19.4. The molecule has 0 saturated heterocycles. The summed E-state index contributed by atoms with van der Waals surface area (Å²) in [6.45, 7) is 24.2. The molecule has 6 nitrogen and oxygen atoms in total. The van der Waals surface area contributed by atoms with Crippen molar-refractivity contribution in [2.24, 2.45) is 0 Å². The second-order valence-electron chi connectivity index (χ2n) is 10.3. The number of alkyl halides is 3. The van der Waals surface area contributed by atoms with Gasteiger partial charge in [0.05, 0.1) is 5.69 Å². The van der Waals surface area contributed by atoms with Gasteiger partial charge in [-0.3, -0.25) is 9.36 Å². The molecule has 0 unspecified atom stereocenters. The maximum Gasteiger partial charge on any atom is 0.405 e. The number of aromatic nitrogens is 3. The largest absolute Gasteiger partial charge is 0.405 e. The summed E-state index contributed by atoms with van der Waals surface area (Å²) in [6.07, 6.45) is -1.75. The molecule has 0 fully saturated rings. The lowest BCUT2D eigenvalue weighted by molar-refractivity contribution is -0.122. The van der Waals surface area contributed by atoms with Crippen molar-refractivity contribution in [2.45, 2.75) is 81.3 Å². The molecular weight excluding hydrogens is 625 g/mol. The van der Waals surface area contributed by atoms with Crippen LogP contribution >= 0.6 is 0 Å². The predicted octanol–water partition coefficient (Wildman–Crippen LogP) is 9.65. The zero-order valence-electron chi connectivity index (χ0n) is 29.7. The number of aryl methyl sites for hydroxylation is 2. The first-order chi connectivity index (χ1) is 22.8. The average molecular weight is 676 g/mol. The molecule has 0 radical (unpaired) electrons. The fourth-order valence-electron chi connectivity index (χ4n) is 4.64. The fraction of sp³-hybridized carbons (Fsp3) is 0.432. The van der Waals surface area contributed by atoms with Gasteiger partial charge in [-0.2, -0.15) is 13.2 Å². The van der Waals surface area contributed by atoms with Crippen LogP contribution in [0.5, 0.6) is 0 Å². The van der Waals surface area contributed by atoms with Gasteiger partial charge in [0, 0.05) is 22.7 Å². The summed E-state index contributed by atoms with van der Waals surface area (Å²) in [6, 6.07) is 10.8. The molecule has 0 spiro atoms. The van der Waals surface area contributed by atoms with Gasteiger partial charge in [-0.05, 0) is 75.3 Å². The van der Waals surface area contributed by atoms with Crippen LogP contribution in [0.4, 0.5) is 22.0 Å². The van der Waals surface area contributed by atoms with E-state index in [2.05, 4.69) is 47.5 Å². The van der Waals surface area contributed by atoms with Crippen LogP contribution < -0.4 is 10.9 Å². The van der Waals surface area contributed by atoms with Gasteiger partial charge in [0.25, 0.3) is 5.56 Å². The SMILES string of the molecule is C=C(NCC(F)(F)F)c1ccc(C)c(-c2nc(C)nc3c2ccc(=O)n3-c2c(F)cccc2F)c1.CC.CC.CCCCN(CC)CC. The first kappa shape index (κ1) is 41.9. The summed E-state index contributed by atoms with van der Waals surface area (Å²) in [5, 5.41) is 2.58. The van der Waals surface area contributed by atoms with Crippen LogP contribution in [0, 0.1) is 25.5 Å². The number of para-hydroxylation sites is 1. The van der Waals surface area contributed by atoms with Crippen molar-refractivity contribution in [2.75, 3.05) is 26.2 Å². The Hall–Kier alpha value is -4.12. The number of pyridine rings is 1. The smallest absolute Gasteiger partial charge is 0.376 e. The van der Waals surface area contributed by atoms with Gasteiger partial charge < -0.3 is 10.2 Å². The van der Waals surface area contributed by atoms with E-state index >= 15 is 0 Å². The number of hydrogen-bond donors (Lipinski definition) is 1. The Morgan fingerprint density at radius 1 is 0.917 bits per heavy atom. The minimum atomic E-state index is -4.41. The van der Waals surface area contributed by atoms with Crippen LogP contribution in [0.15, 0.2) is 59.9 Å². The molecule has 0 aliphatic heterocycles. The maximum atomic E-state index is 14.6. The second kappa shape index (κ2) is 20.3. The number of fused-ring (bicyclic) bond motifs is 1. The summed E-state index contributed by atoms with van der Waals surface area (Å²) in [4.78, 5) is 24.0. The number of halogens is 5.